The number of hydrogen-bond donors (Lipinski definition) is 1. The fourth-order valence-corrected chi connectivity index (χ4v) is 4.21. The van der Waals surface area contributed by atoms with Crippen LogP contribution in [0.4, 0.5) is 0 Å². The lowest BCUT2D eigenvalue weighted by Crippen LogP contribution is -2.33. The molecule has 0 amide bonds. The first-order valence-electron chi connectivity index (χ1n) is 9.19. The number of nitriles is 1. The van der Waals surface area contributed by atoms with Crippen molar-refractivity contribution in [3.63, 3.8) is 0 Å². The van der Waals surface area contributed by atoms with Gasteiger partial charge in [-0.2, -0.15) is 5.26 Å². The van der Waals surface area contributed by atoms with Gasteiger partial charge in [-0.3, -0.25) is 4.79 Å². The van der Waals surface area contributed by atoms with E-state index in [4.69, 9.17) is 29.4 Å². The molecule has 0 saturated carbocycles. The molecule has 2 aliphatic heterocycles. The maximum Gasteiger partial charge on any atom is 0.231 e. The molecule has 0 bridgehead atoms. The third-order valence-corrected chi connectivity index (χ3v) is 5.40. The number of ether oxygens (including phenoxy) is 5. The van der Waals surface area contributed by atoms with Crippen LogP contribution in [0.3, 0.4) is 0 Å². The Hall–Kier alpha value is -3.34. The van der Waals surface area contributed by atoms with E-state index in [9.17, 15) is 10.1 Å². The summed E-state index contributed by atoms with van der Waals surface area (Å²) >= 11 is 0. The Kier molecular flexibility index (Phi) is 4.34. The zero-order valence-corrected chi connectivity index (χ0v) is 16.8. The average molecular weight is 398 g/mol. The van der Waals surface area contributed by atoms with Gasteiger partial charge in [0.1, 0.15) is 17.4 Å². The summed E-state index contributed by atoms with van der Waals surface area (Å²) in [6, 6.07) is 3.81. The third-order valence-electron chi connectivity index (χ3n) is 5.40. The number of carbonyl (C=O) groups is 1. The van der Waals surface area contributed by atoms with E-state index >= 15 is 0 Å². The van der Waals surface area contributed by atoms with E-state index in [1.807, 2.05) is 13.8 Å². The molecule has 0 spiro atoms. The molecule has 3 aliphatic rings. The number of hydrogen-bond acceptors (Lipinski definition) is 8. The number of allylic oxidation sites excluding steroid dienone is 3. The highest BCUT2D eigenvalue weighted by Crippen LogP contribution is 2.56. The van der Waals surface area contributed by atoms with E-state index in [2.05, 4.69) is 6.07 Å². The SMILES string of the molecule is COc1cc(C2C(C#N)=C(N)OC3=C2C(=O)CC(C)(C)C3)c(OC)c2c1OCO2. The number of nitrogens with zero attached hydrogens (tertiary/aromatic N) is 1. The maximum atomic E-state index is 13.1. The van der Waals surface area contributed by atoms with Gasteiger partial charge in [0.25, 0.3) is 0 Å². The van der Waals surface area contributed by atoms with Crippen LogP contribution in [0.25, 0.3) is 0 Å². The molecule has 8 nitrogen and oxygen atoms in total. The van der Waals surface area contributed by atoms with E-state index in [1.165, 1.54) is 14.2 Å². The van der Waals surface area contributed by atoms with Crippen molar-refractivity contribution < 1.29 is 28.5 Å². The van der Waals surface area contributed by atoms with E-state index in [0.29, 0.717) is 52.7 Å². The smallest absolute Gasteiger partial charge is 0.231 e. The number of ketones is 1. The number of carbonyl (C=O) groups excluding carboxylic acids is 1. The van der Waals surface area contributed by atoms with Crippen molar-refractivity contribution >= 4 is 5.78 Å². The molecule has 1 unspecified atom stereocenters. The molecule has 2 heterocycles. The molecular weight excluding hydrogens is 376 g/mol. The molecule has 152 valence electrons. The van der Waals surface area contributed by atoms with Gasteiger partial charge in [0, 0.05) is 24.0 Å². The van der Waals surface area contributed by atoms with Crippen LogP contribution in [0.2, 0.25) is 0 Å². The Labute approximate surface area is 168 Å². The Morgan fingerprint density at radius 2 is 1.93 bits per heavy atom. The minimum atomic E-state index is -0.745. The number of benzene rings is 1. The number of nitrogens with two attached hydrogens (primary N) is 1. The average Bonchev–Trinajstić information content (AvgIpc) is 3.14. The summed E-state index contributed by atoms with van der Waals surface area (Å²) < 4.78 is 27.9. The minimum Gasteiger partial charge on any atom is -0.493 e. The van der Waals surface area contributed by atoms with Gasteiger partial charge < -0.3 is 29.4 Å². The van der Waals surface area contributed by atoms with Crippen LogP contribution in [-0.2, 0) is 9.53 Å². The van der Waals surface area contributed by atoms with Crippen molar-refractivity contribution in [3.8, 4) is 29.1 Å². The van der Waals surface area contributed by atoms with E-state index in [0.717, 1.165) is 0 Å². The van der Waals surface area contributed by atoms with Crippen LogP contribution in [0.15, 0.2) is 28.9 Å². The van der Waals surface area contributed by atoms with Gasteiger partial charge in [-0.25, -0.2) is 0 Å². The second kappa shape index (κ2) is 6.62. The Bertz CT molecular complexity index is 1010. The highest BCUT2D eigenvalue weighted by molar-refractivity contribution is 6.00. The molecular formula is C21H22N2O6. The van der Waals surface area contributed by atoms with Gasteiger partial charge >= 0.3 is 0 Å². The first kappa shape index (κ1) is 19.0. The molecule has 2 N–H and O–H groups in total. The third kappa shape index (κ3) is 2.85. The van der Waals surface area contributed by atoms with E-state index in [-0.39, 0.29) is 29.4 Å². The predicted octanol–water partition coefficient (Wildman–Crippen LogP) is 2.88. The minimum absolute atomic E-state index is 0.0135. The van der Waals surface area contributed by atoms with Gasteiger partial charge in [-0.05, 0) is 11.5 Å². The molecule has 29 heavy (non-hydrogen) atoms. The van der Waals surface area contributed by atoms with Gasteiger partial charge in [-0.15, -0.1) is 0 Å². The van der Waals surface area contributed by atoms with E-state index < -0.39 is 5.92 Å². The normalized spacial score (nSPS) is 22.0. The monoisotopic (exact) mass is 398 g/mol. The summed E-state index contributed by atoms with van der Waals surface area (Å²) in [7, 11) is 3.00. The Morgan fingerprint density at radius 1 is 1.21 bits per heavy atom. The maximum absolute atomic E-state index is 13.1. The number of methoxy groups -OCH3 is 2. The molecule has 0 radical (unpaired) electrons. The summed E-state index contributed by atoms with van der Waals surface area (Å²) in [5.74, 6) is 1.23. The first-order valence-corrected chi connectivity index (χ1v) is 9.19. The van der Waals surface area contributed by atoms with Gasteiger partial charge in [0.15, 0.2) is 17.3 Å². The molecule has 8 heteroatoms. The second-order valence-electron chi connectivity index (χ2n) is 7.97. The molecule has 1 aromatic carbocycles. The van der Waals surface area contributed by atoms with Gasteiger partial charge in [0.2, 0.25) is 24.2 Å². The Balaban J connectivity index is 1.99. The number of rotatable bonds is 3. The largest absolute Gasteiger partial charge is 0.493 e. The summed E-state index contributed by atoms with van der Waals surface area (Å²) in [5.41, 5.74) is 6.95. The molecule has 0 aromatic heterocycles. The molecule has 1 aliphatic carbocycles. The fourth-order valence-electron chi connectivity index (χ4n) is 4.21. The van der Waals surface area contributed by atoms with Gasteiger partial charge in [-0.1, -0.05) is 13.8 Å². The number of fused-ring (bicyclic) bond motifs is 1. The highest BCUT2D eigenvalue weighted by Gasteiger charge is 2.45. The topological polar surface area (TPSA) is 113 Å². The van der Waals surface area contributed by atoms with Crippen LogP contribution in [0.5, 0.6) is 23.0 Å². The van der Waals surface area contributed by atoms with E-state index in [1.54, 1.807) is 6.07 Å². The molecule has 0 saturated heterocycles. The lowest BCUT2D eigenvalue weighted by molar-refractivity contribution is -0.119. The van der Waals surface area contributed by atoms with Crippen molar-refractivity contribution in [1.82, 2.24) is 0 Å². The summed E-state index contributed by atoms with van der Waals surface area (Å²) in [6.07, 6.45) is 0.877. The quantitative estimate of drug-likeness (QED) is 0.827. The standard InChI is InChI=1S/C21H22N2O6/c1-21(2)6-12(24)16-14(7-21)29-20(23)11(8-22)15(16)10-5-13(25-3)18-19(17(10)26-4)28-9-27-18/h5,15H,6-7,9,23H2,1-4H3. The van der Waals surface area contributed by atoms with Crippen LogP contribution in [-0.4, -0.2) is 26.8 Å². The zero-order chi connectivity index (χ0) is 20.9. The molecule has 0 fully saturated rings. The Morgan fingerprint density at radius 3 is 2.59 bits per heavy atom. The van der Waals surface area contributed by atoms with Gasteiger partial charge in [0.05, 0.1) is 20.1 Å². The van der Waals surface area contributed by atoms with Crippen molar-refractivity contribution in [2.75, 3.05) is 21.0 Å². The molecule has 1 aromatic rings. The van der Waals surface area contributed by atoms with Crippen LogP contribution in [0, 0.1) is 16.7 Å². The summed E-state index contributed by atoms with van der Waals surface area (Å²) in [4.78, 5) is 13.1. The molecule has 4 rings (SSSR count). The predicted molar refractivity (Wildman–Crippen MR) is 101 cm³/mol. The lowest BCUT2D eigenvalue weighted by Gasteiger charge is -2.37. The van der Waals surface area contributed by atoms with Crippen molar-refractivity contribution in [1.29, 1.82) is 5.26 Å². The van der Waals surface area contributed by atoms with Crippen molar-refractivity contribution in [3.05, 3.63) is 34.4 Å². The van der Waals surface area contributed by atoms with Crippen molar-refractivity contribution in [2.24, 2.45) is 11.1 Å². The second-order valence-corrected chi connectivity index (χ2v) is 7.97. The zero-order valence-electron chi connectivity index (χ0n) is 16.8. The van der Waals surface area contributed by atoms with Crippen LogP contribution >= 0.6 is 0 Å². The van der Waals surface area contributed by atoms with Crippen LogP contribution in [0.1, 0.15) is 38.2 Å². The first-order chi connectivity index (χ1) is 13.8. The van der Waals surface area contributed by atoms with Crippen molar-refractivity contribution in [2.45, 2.75) is 32.6 Å². The summed E-state index contributed by atoms with van der Waals surface area (Å²) in [5, 5.41) is 9.83. The molecule has 1 atom stereocenters. The summed E-state index contributed by atoms with van der Waals surface area (Å²) in [6.45, 7) is 4.01. The van der Waals surface area contributed by atoms with Crippen LogP contribution < -0.4 is 24.7 Å². The number of Topliss-reactive ketones (excluding diaryl/α,β-unsaturated/α-hetero) is 1. The fraction of sp³-hybridized carbons (Fsp3) is 0.429. The lowest BCUT2D eigenvalue weighted by atomic mass is 9.70. The highest BCUT2D eigenvalue weighted by atomic mass is 16.7.